The van der Waals surface area contributed by atoms with Gasteiger partial charge in [0, 0.05) is 23.9 Å². The molecule has 1 amide bonds. The molecule has 1 N–H and O–H groups in total. The number of furan rings is 1. The largest absolute Gasteiger partial charge is 0.493 e. The SMILES string of the molecule is COc1ccc(/C=C/C(=O)NCCSCc2ccco2)c(OC)c1OC. The Balaban J connectivity index is 1.85. The fourth-order valence-electron chi connectivity index (χ4n) is 2.29. The van der Waals surface area contributed by atoms with Crippen LogP contribution in [0.2, 0.25) is 0 Å². The van der Waals surface area contributed by atoms with E-state index in [4.69, 9.17) is 18.6 Å². The fourth-order valence-corrected chi connectivity index (χ4v) is 3.05. The number of nitrogens with one attached hydrogen (secondary N) is 1. The first-order valence-electron chi connectivity index (χ1n) is 8.04. The average molecular weight is 377 g/mol. The summed E-state index contributed by atoms with van der Waals surface area (Å²) in [5.74, 6) is 3.94. The number of carbonyl (C=O) groups is 1. The lowest BCUT2D eigenvalue weighted by molar-refractivity contribution is -0.116. The van der Waals surface area contributed by atoms with E-state index in [0.717, 1.165) is 22.8 Å². The number of hydrogen-bond acceptors (Lipinski definition) is 6. The highest BCUT2D eigenvalue weighted by molar-refractivity contribution is 7.98. The summed E-state index contributed by atoms with van der Waals surface area (Å²) >= 11 is 1.70. The first-order valence-corrected chi connectivity index (χ1v) is 9.20. The predicted octanol–water partition coefficient (Wildman–Crippen LogP) is 3.37. The molecule has 0 aliphatic carbocycles. The minimum atomic E-state index is -0.166. The van der Waals surface area contributed by atoms with Crippen LogP contribution in [0.15, 0.2) is 41.0 Å². The summed E-state index contributed by atoms with van der Waals surface area (Å²) in [6.45, 7) is 0.581. The van der Waals surface area contributed by atoms with E-state index in [1.807, 2.05) is 18.2 Å². The van der Waals surface area contributed by atoms with Crippen LogP contribution in [0.4, 0.5) is 0 Å². The molecule has 0 saturated carbocycles. The molecule has 1 aromatic heterocycles. The predicted molar refractivity (Wildman–Crippen MR) is 103 cm³/mol. The van der Waals surface area contributed by atoms with Crippen LogP contribution in [0.3, 0.4) is 0 Å². The second kappa shape index (κ2) is 10.5. The minimum absolute atomic E-state index is 0.166. The zero-order valence-corrected chi connectivity index (χ0v) is 15.9. The van der Waals surface area contributed by atoms with Gasteiger partial charge in [-0.05, 0) is 30.3 Å². The van der Waals surface area contributed by atoms with Gasteiger partial charge in [-0.1, -0.05) is 0 Å². The Hall–Kier alpha value is -2.54. The van der Waals surface area contributed by atoms with Crippen LogP contribution in [0, 0.1) is 0 Å². The van der Waals surface area contributed by atoms with Gasteiger partial charge in [0.2, 0.25) is 11.7 Å². The van der Waals surface area contributed by atoms with Gasteiger partial charge in [-0.2, -0.15) is 11.8 Å². The van der Waals surface area contributed by atoms with Crippen molar-refractivity contribution in [2.75, 3.05) is 33.6 Å². The van der Waals surface area contributed by atoms with Crippen LogP contribution in [0.25, 0.3) is 6.08 Å². The maximum Gasteiger partial charge on any atom is 0.244 e. The summed E-state index contributed by atoms with van der Waals surface area (Å²) < 4.78 is 21.2. The number of amides is 1. The van der Waals surface area contributed by atoms with Crippen LogP contribution in [-0.4, -0.2) is 39.5 Å². The van der Waals surface area contributed by atoms with E-state index in [2.05, 4.69) is 5.32 Å². The van der Waals surface area contributed by atoms with Gasteiger partial charge in [-0.15, -0.1) is 0 Å². The molecule has 2 aromatic rings. The van der Waals surface area contributed by atoms with Crippen LogP contribution in [0.5, 0.6) is 17.2 Å². The molecule has 140 valence electrons. The molecule has 2 rings (SSSR count). The van der Waals surface area contributed by atoms with Crippen molar-refractivity contribution in [2.24, 2.45) is 0 Å². The molecule has 0 atom stereocenters. The summed E-state index contributed by atoms with van der Waals surface area (Å²) in [4.78, 5) is 12.0. The third-order valence-electron chi connectivity index (χ3n) is 3.52. The first kappa shape index (κ1) is 19.8. The summed E-state index contributed by atoms with van der Waals surface area (Å²) in [6, 6.07) is 7.38. The molecule has 0 unspecified atom stereocenters. The molecule has 0 fully saturated rings. The second-order valence-electron chi connectivity index (χ2n) is 5.18. The van der Waals surface area contributed by atoms with Crippen molar-refractivity contribution in [1.82, 2.24) is 5.32 Å². The summed E-state index contributed by atoms with van der Waals surface area (Å²) in [5.41, 5.74) is 0.729. The van der Waals surface area contributed by atoms with Gasteiger partial charge in [-0.25, -0.2) is 0 Å². The van der Waals surface area contributed by atoms with Gasteiger partial charge in [0.25, 0.3) is 0 Å². The third kappa shape index (κ3) is 5.49. The number of methoxy groups -OCH3 is 3. The van der Waals surface area contributed by atoms with Crippen molar-refractivity contribution < 1.29 is 23.4 Å². The zero-order chi connectivity index (χ0) is 18.8. The van der Waals surface area contributed by atoms with Gasteiger partial charge in [0.05, 0.1) is 33.3 Å². The van der Waals surface area contributed by atoms with E-state index in [9.17, 15) is 4.79 Å². The fraction of sp³-hybridized carbons (Fsp3) is 0.316. The Morgan fingerprint density at radius 2 is 1.96 bits per heavy atom. The molecule has 0 aliphatic rings. The summed E-state index contributed by atoms with van der Waals surface area (Å²) in [7, 11) is 4.65. The molecule has 1 heterocycles. The maximum atomic E-state index is 12.0. The highest BCUT2D eigenvalue weighted by Crippen LogP contribution is 2.40. The number of rotatable bonds is 10. The number of ether oxygens (including phenoxy) is 3. The average Bonchev–Trinajstić information content (AvgIpc) is 3.18. The molecule has 6 nitrogen and oxygen atoms in total. The van der Waals surface area contributed by atoms with Gasteiger partial charge in [0.1, 0.15) is 5.76 Å². The standard InChI is InChI=1S/C19H23NO5S/c1-22-16-8-6-14(18(23-2)19(16)24-3)7-9-17(21)20-10-12-26-13-15-5-4-11-25-15/h4-9,11H,10,12-13H2,1-3H3,(H,20,21)/b9-7+. The van der Waals surface area contributed by atoms with Gasteiger partial charge >= 0.3 is 0 Å². The Kier molecular flexibility index (Phi) is 7.95. The van der Waals surface area contributed by atoms with Gasteiger partial charge in [-0.3, -0.25) is 4.79 Å². The second-order valence-corrected chi connectivity index (χ2v) is 6.29. The molecule has 0 radical (unpaired) electrons. The number of benzene rings is 1. The maximum absolute atomic E-state index is 12.0. The van der Waals surface area contributed by atoms with Crippen molar-refractivity contribution in [2.45, 2.75) is 5.75 Å². The van der Waals surface area contributed by atoms with Crippen molar-refractivity contribution in [3.8, 4) is 17.2 Å². The Morgan fingerprint density at radius 1 is 1.15 bits per heavy atom. The lowest BCUT2D eigenvalue weighted by atomic mass is 10.1. The molecule has 1 aromatic carbocycles. The number of carbonyl (C=O) groups excluding carboxylic acids is 1. The Labute approximate surface area is 157 Å². The molecule has 0 spiro atoms. The van der Waals surface area contributed by atoms with E-state index >= 15 is 0 Å². The molecule has 7 heteroatoms. The monoisotopic (exact) mass is 377 g/mol. The van der Waals surface area contributed by atoms with Crippen LogP contribution in [-0.2, 0) is 10.5 Å². The molecular weight excluding hydrogens is 354 g/mol. The number of thioether (sulfide) groups is 1. The molecule has 0 saturated heterocycles. The summed E-state index contributed by atoms with van der Waals surface area (Å²) in [6.07, 6.45) is 4.82. The normalized spacial score (nSPS) is 10.7. The lowest BCUT2D eigenvalue weighted by Crippen LogP contribution is -2.23. The smallest absolute Gasteiger partial charge is 0.244 e. The van der Waals surface area contributed by atoms with Crippen molar-refractivity contribution in [1.29, 1.82) is 0 Å². The minimum Gasteiger partial charge on any atom is -0.493 e. The van der Waals surface area contributed by atoms with Crippen molar-refractivity contribution in [3.63, 3.8) is 0 Å². The third-order valence-corrected chi connectivity index (χ3v) is 4.50. The zero-order valence-electron chi connectivity index (χ0n) is 15.1. The van der Waals surface area contributed by atoms with E-state index in [-0.39, 0.29) is 5.91 Å². The van der Waals surface area contributed by atoms with E-state index in [0.29, 0.717) is 23.8 Å². The molecule has 26 heavy (non-hydrogen) atoms. The Bertz CT molecular complexity index is 728. The van der Waals surface area contributed by atoms with Gasteiger partial charge in [0.15, 0.2) is 11.5 Å². The quantitative estimate of drug-likeness (QED) is 0.506. The van der Waals surface area contributed by atoms with Crippen molar-refractivity contribution in [3.05, 3.63) is 47.9 Å². The lowest BCUT2D eigenvalue weighted by Gasteiger charge is -2.13. The Morgan fingerprint density at radius 3 is 2.62 bits per heavy atom. The molecule has 0 aliphatic heterocycles. The highest BCUT2D eigenvalue weighted by Gasteiger charge is 2.14. The van der Waals surface area contributed by atoms with E-state index in [1.165, 1.54) is 6.08 Å². The number of hydrogen-bond donors (Lipinski definition) is 1. The molecular formula is C19H23NO5S. The topological polar surface area (TPSA) is 69.9 Å². The van der Waals surface area contributed by atoms with E-state index in [1.54, 1.807) is 51.5 Å². The van der Waals surface area contributed by atoms with Gasteiger partial charge < -0.3 is 23.9 Å². The van der Waals surface area contributed by atoms with Crippen LogP contribution >= 0.6 is 11.8 Å². The highest BCUT2D eigenvalue weighted by atomic mass is 32.2. The molecule has 0 bridgehead atoms. The van der Waals surface area contributed by atoms with Crippen molar-refractivity contribution >= 4 is 23.7 Å². The van der Waals surface area contributed by atoms with E-state index < -0.39 is 0 Å². The first-order chi connectivity index (χ1) is 12.7. The van der Waals surface area contributed by atoms with Crippen LogP contribution in [0.1, 0.15) is 11.3 Å². The van der Waals surface area contributed by atoms with Crippen LogP contribution < -0.4 is 19.5 Å². The summed E-state index contributed by atoms with van der Waals surface area (Å²) in [5, 5.41) is 2.85.